The number of aliphatic hydroxyl groups is 1. The second-order valence-electron chi connectivity index (χ2n) is 3.63. The third-order valence-electron chi connectivity index (χ3n) is 2.34. The minimum Gasteiger partial charge on any atom is -0.465 e. The molecule has 104 valence electrons. The van der Waals surface area contributed by atoms with E-state index in [0.717, 1.165) is 0 Å². The Bertz CT molecular complexity index is 433. The standard InChI is InChI=1S/C13H17NO5/c1-18-13(17)11-5-3-2-4-10(11)12(16)14-6-8-19-9-7-15/h2-5,15H,6-9H2,1H3,(H,14,16). The molecule has 2 N–H and O–H groups in total. The minimum atomic E-state index is -0.553. The molecule has 19 heavy (non-hydrogen) atoms. The Morgan fingerprint density at radius 1 is 1.21 bits per heavy atom. The Balaban J connectivity index is 2.59. The predicted molar refractivity (Wildman–Crippen MR) is 68.0 cm³/mol. The van der Waals surface area contributed by atoms with E-state index in [1.54, 1.807) is 18.2 Å². The summed E-state index contributed by atoms with van der Waals surface area (Å²) in [7, 11) is 1.26. The molecule has 1 amide bonds. The van der Waals surface area contributed by atoms with Crippen LogP contribution < -0.4 is 5.32 Å². The number of amides is 1. The summed E-state index contributed by atoms with van der Waals surface area (Å²) in [6.45, 7) is 0.773. The zero-order valence-corrected chi connectivity index (χ0v) is 10.7. The van der Waals surface area contributed by atoms with Crippen LogP contribution in [0.1, 0.15) is 20.7 Å². The van der Waals surface area contributed by atoms with Gasteiger partial charge in [0.05, 0.1) is 38.1 Å². The summed E-state index contributed by atoms with van der Waals surface area (Å²) in [6, 6.07) is 6.41. The SMILES string of the molecule is COC(=O)c1ccccc1C(=O)NCCOCCO. The smallest absolute Gasteiger partial charge is 0.338 e. The molecule has 1 aromatic rings. The van der Waals surface area contributed by atoms with Gasteiger partial charge >= 0.3 is 5.97 Å². The Hall–Kier alpha value is -1.92. The van der Waals surface area contributed by atoms with Crippen molar-refractivity contribution in [2.75, 3.05) is 33.5 Å². The maximum atomic E-state index is 11.9. The fourth-order valence-electron chi connectivity index (χ4n) is 1.47. The van der Waals surface area contributed by atoms with Crippen LogP contribution in [0.15, 0.2) is 24.3 Å². The molecular weight excluding hydrogens is 250 g/mol. The molecule has 0 aliphatic carbocycles. The summed E-state index contributed by atoms with van der Waals surface area (Å²) in [4.78, 5) is 23.4. The van der Waals surface area contributed by atoms with Gasteiger partial charge in [-0.25, -0.2) is 4.79 Å². The third-order valence-corrected chi connectivity index (χ3v) is 2.34. The Morgan fingerprint density at radius 3 is 2.53 bits per heavy atom. The normalized spacial score (nSPS) is 10.0. The number of rotatable bonds is 7. The number of hydrogen-bond donors (Lipinski definition) is 2. The Kier molecular flexibility index (Phi) is 6.56. The molecule has 6 heteroatoms. The van der Waals surface area contributed by atoms with Crippen LogP contribution in [0.2, 0.25) is 0 Å². The molecule has 0 unspecified atom stereocenters. The molecule has 0 aliphatic heterocycles. The van der Waals surface area contributed by atoms with Crippen molar-refractivity contribution < 1.29 is 24.2 Å². The molecule has 0 aromatic heterocycles. The maximum Gasteiger partial charge on any atom is 0.338 e. The summed E-state index contributed by atoms with van der Waals surface area (Å²) in [6.07, 6.45) is 0. The number of esters is 1. The van der Waals surface area contributed by atoms with Crippen LogP contribution in [0.5, 0.6) is 0 Å². The lowest BCUT2D eigenvalue weighted by Crippen LogP contribution is -2.29. The largest absolute Gasteiger partial charge is 0.465 e. The topological polar surface area (TPSA) is 84.9 Å². The van der Waals surface area contributed by atoms with E-state index in [2.05, 4.69) is 10.1 Å². The molecule has 6 nitrogen and oxygen atoms in total. The second-order valence-corrected chi connectivity index (χ2v) is 3.63. The molecule has 0 radical (unpaired) electrons. The van der Waals surface area contributed by atoms with E-state index >= 15 is 0 Å². The number of methoxy groups -OCH3 is 1. The maximum absolute atomic E-state index is 11.9. The molecule has 1 rings (SSSR count). The number of nitrogens with one attached hydrogen (secondary N) is 1. The van der Waals surface area contributed by atoms with Crippen molar-refractivity contribution in [3.05, 3.63) is 35.4 Å². The van der Waals surface area contributed by atoms with Gasteiger partial charge < -0.3 is 19.9 Å². The van der Waals surface area contributed by atoms with Crippen LogP contribution in [-0.4, -0.2) is 50.5 Å². The van der Waals surface area contributed by atoms with Gasteiger partial charge in [0.1, 0.15) is 0 Å². The fourth-order valence-corrected chi connectivity index (χ4v) is 1.47. The van der Waals surface area contributed by atoms with Gasteiger partial charge in [-0.3, -0.25) is 4.79 Å². The number of hydrogen-bond acceptors (Lipinski definition) is 5. The Morgan fingerprint density at radius 2 is 1.89 bits per heavy atom. The van der Waals surface area contributed by atoms with Crippen molar-refractivity contribution in [1.82, 2.24) is 5.32 Å². The molecule has 1 aromatic carbocycles. The van der Waals surface area contributed by atoms with Crippen molar-refractivity contribution in [2.45, 2.75) is 0 Å². The van der Waals surface area contributed by atoms with E-state index in [-0.39, 0.29) is 30.2 Å². The first kappa shape index (κ1) is 15.1. The van der Waals surface area contributed by atoms with E-state index in [9.17, 15) is 9.59 Å². The summed E-state index contributed by atoms with van der Waals surface area (Å²) >= 11 is 0. The van der Waals surface area contributed by atoms with Crippen LogP contribution in [0.3, 0.4) is 0 Å². The fraction of sp³-hybridized carbons (Fsp3) is 0.385. The first-order valence-corrected chi connectivity index (χ1v) is 5.85. The highest BCUT2D eigenvalue weighted by molar-refractivity contribution is 6.05. The molecule has 0 aliphatic rings. The van der Waals surface area contributed by atoms with Crippen LogP contribution in [-0.2, 0) is 9.47 Å². The molecule has 0 fully saturated rings. The highest BCUT2D eigenvalue weighted by Crippen LogP contribution is 2.09. The van der Waals surface area contributed by atoms with E-state index in [1.807, 2.05) is 0 Å². The molecule has 0 saturated carbocycles. The zero-order chi connectivity index (χ0) is 14.1. The first-order valence-electron chi connectivity index (χ1n) is 5.85. The number of carbonyl (C=O) groups excluding carboxylic acids is 2. The van der Waals surface area contributed by atoms with Crippen molar-refractivity contribution in [2.24, 2.45) is 0 Å². The van der Waals surface area contributed by atoms with Crippen LogP contribution >= 0.6 is 0 Å². The van der Waals surface area contributed by atoms with Gasteiger partial charge in [0, 0.05) is 6.54 Å². The highest BCUT2D eigenvalue weighted by Gasteiger charge is 2.16. The summed E-state index contributed by atoms with van der Waals surface area (Å²) in [5, 5.41) is 11.1. The van der Waals surface area contributed by atoms with E-state index in [1.165, 1.54) is 13.2 Å². The average Bonchev–Trinajstić information content (AvgIpc) is 2.46. The number of carbonyl (C=O) groups is 2. The summed E-state index contributed by atoms with van der Waals surface area (Å²) in [5.41, 5.74) is 0.482. The summed E-state index contributed by atoms with van der Waals surface area (Å²) < 4.78 is 9.62. The lowest BCUT2D eigenvalue weighted by molar-refractivity contribution is 0.0595. The van der Waals surface area contributed by atoms with Gasteiger partial charge in [0.2, 0.25) is 0 Å². The highest BCUT2D eigenvalue weighted by atomic mass is 16.5. The first-order chi connectivity index (χ1) is 9.20. The Labute approximate surface area is 111 Å². The van der Waals surface area contributed by atoms with Crippen molar-refractivity contribution >= 4 is 11.9 Å². The van der Waals surface area contributed by atoms with Crippen LogP contribution in [0.25, 0.3) is 0 Å². The van der Waals surface area contributed by atoms with Crippen LogP contribution in [0, 0.1) is 0 Å². The lowest BCUT2D eigenvalue weighted by atomic mass is 10.1. The van der Waals surface area contributed by atoms with Crippen molar-refractivity contribution in [3.63, 3.8) is 0 Å². The van der Waals surface area contributed by atoms with E-state index in [4.69, 9.17) is 9.84 Å². The van der Waals surface area contributed by atoms with Gasteiger partial charge in [0.15, 0.2) is 0 Å². The zero-order valence-electron chi connectivity index (χ0n) is 10.7. The number of benzene rings is 1. The molecule has 0 heterocycles. The second kappa shape index (κ2) is 8.23. The molecule has 0 saturated heterocycles. The minimum absolute atomic E-state index is 0.0564. The molecule has 0 atom stereocenters. The lowest BCUT2D eigenvalue weighted by Gasteiger charge is -2.08. The summed E-state index contributed by atoms with van der Waals surface area (Å²) in [5.74, 6) is -0.920. The van der Waals surface area contributed by atoms with Crippen molar-refractivity contribution in [3.8, 4) is 0 Å². The number of aliphatic hydroxyl groups excluding tert-OH is 1. The molecule has 0 spiro atoms. The van der Waals surface area contributed by atoms with Gasteiger partial charge in [0.25, 0.3) is 5.91 Å². The van der Waals surface area contributed by atoms with Gasteiger partial charge in [-0.15, -0.1) is 0 Å². The third kappa shape index (κ3) is 4.69. The number of ether oxygens (including phenoxy) is 2. The van der Waals surface area contributed by atoms with E-state index in [0.29, 0.717) is 13.2 Å². The van der Waals surface area contributed by atoms with Gasteiger partial charge in [-0.1, -0.05) is 12.1 Å². The molecular formula is C13H17NO5. The quantitative estimate of drug-likeness (QED) is 0.545. The predicted octanol–water partition coefficient (Wildman–Crippen LogP) is 0.212. The average molecular weight is 267 g/mol. The van der Waals surface area contributed by atoms with Crippen molar-refractivity contribution in [1.29, 1.82) is 0 Å². The van der Waals surface area contributed by atoms with Gasteiger partial charge in [-0.2, -0.15) is 0 Å². The van der Waals surface area contributed by atoms with Crippen LogP contribution in [0.4, 0.5) is 0 Å². The van der Waals surface area contributed by atoms with Gasteiger partial charge in [-0.05, 0) is 12.1 Å². The molecule has 0 bridgehead atoms. The monoisotopic (exact) mass is 267 g/mol. The van der Waals surface area contributed by atoms with E-state index < -0.39 is 5.97 Å².